The fraction of sp³-hybridized carbons (Fsp3) is 0.231. The first-order chi connectivity index (χ1) is 16.6. The maximum atomic E-state index is 9.90. The number of aliphatic hydroxyl groups is 1. The summed E-state index contributed by atoms with van der Waals surface area (Å²) >= 11 is 0. The van der Waals surface area contributed by atoms with E-state index in [1.807, 2.05) is 60.3 Å². The van der Waals surface area contributed by atoms with Gasteiger partial charge in [-0.3, -0.25) is 0 Å². The van der Waals surface area contributed by atoms with Crippen LogP contribution in [-0.4, -0.2) is 45.5 Å². The Morgan fingerprint density at radius 3 is 2.68 bits per heavy atom. The van der Waals surface area contributed by atoms with Crippen molar-refractivity contribution in [2.75, 3.05) is 20.8 Å². The zero-order chi connectivity index (χ0) is 23.7. The molecule has 174 valence electrons. The molecule has 8 heteroatoms. The van der Waals surface area contributed by atoms with Crippen molar-refractivity contribution < 1.29 is 14.6 Å². The van der Waals surface area contributed by atoms with Gasteiger partial charge < -0.3 is 29.4 Å². The average Bonchev–Trinajstić information content (AvgIpc) is 3.45. The van der Waals surface area contributed by atoms with Crippen LogP contribution in [0.25, 0.3) is 33.3 Å². The maximum absolute atomic E-state index is 9.90. The molecule has 0 aliphatic carbocycles. The van der Waals surface area contributed by atoms with E-state index in [9.17, 15) is 5.11 Å². The van der Waals surface area contributed by atoms with E-state index in [4.69, 9.17) is 14.5 Å². The van der Waals surface area contributed by atoms with Crippen LogP contribution < -0.4 is 14.8 Å². The zero-order valence-corrected chi connectivity index (χ0v) is 19.4. The number of methoxy groups -OCH3 is 2. The van der Waals surface area contributed by atoms with E-state index in [0.29, 0.717) is 18.2 Å². The van der Waals surface area contributed by atoms with Crippen LogP contribution in [0.5, 0.6) is 11.6 Å². The average molecular weight is 458 g/mol. The number of aryl methyl sites for hydroxylation is 1. The molecule has 0 radical (unpaired) electrons. The molecule has 1 unspecified atom stereocenters. The van der Waals surface area contributed by atoms with Crippen LogP contribution in [0.15, 0.2) is 60.9 Å². The van der Waals surface area contributed by atoms with E-state index >= 15 is 0 Å². The van der Waals surface area contributed by atoms with Crippen LogP contribution in [0, 0.1) is 0 Å². The minimum atomic E-state index is -0.146. The Hall–Kier alpha value is -3.88. The summed E-state index contributed by atoms with van der Waals surface area (Å²) in [6, 6.07) is 15.8. The first-order valence-electron chi connectivity index (χ1n) is 11.1. The number of aliphatic hydroxyl groups excluding tert-OH is 1. The fourth-order valence-corrected chi connectivity index (χ4v) is 4.34. The van der Waals surface area contributed by atoms with E-state index in [1.54, 1.807) is 20.4 Å². The number of ether oxygens (including phenoxy) is 2. The third kappa shape index (κ3) is 3.87. The molecule has 0 spiro atoms. The standard InChI is InChI=1S/C26H27N5O3/c1-31-14-19(24-22(31)12-23(33-2)26(30-24)34-3)20-11-18-17(9-10-27-25(18)29-20)13-28-21(15-32)16-7-5-4-6-8-16/h4-12,14,21,28,32H,13,15H2,1-3H3,(H,27,29). The number of H-pyrrole nitrogens is 1. The quantitative estimate of drug-likeness (QED) is 0.326. The summed E-state index contributed by atoms with van der Waals surface area (Å²) in [7, 11) is 5.17. The van der Waals surface area contributed by atoms with Gasteiger partial charge in [0.05, 0.1) is 38.1 Å². The molecule has 34 heavy (non-hydrogen) atoms. The van der Waals surface area contributed by atoms with Gasteiger partial charge in [-0.1, -0.05) is 30.3 Å². The lowest BCUT2D eigenvalue weighted by atomic mass is 10.1. The van der Waals surface area contributed by atoms with Gasteiger partial charge in [0.2, 0.25) is 0 Å². The summed E-state index contributed by atoms with van der Waals surface area (Å²) in [5.74, 6) is 1.03. The van der Waals surface area contributed by atoms with E-state index < -0.39 is 0 Å². The van der Waals surface area contributed by atoms with Gasteiger partial charge in [-0.25, -0.2) is 9.97 Å². The Bertz CT molecular complexity index is 1440. The van der Waals surface area contributed by atoms with E-state index in [2.05, 4.69) is 21.4 Å². The lowest BCUT2D eigenvalue weighted by molar-refractivity contribution is 0.244. The molecule has 0 saturated heterocycles. The molecule has 0 saturated carbocycles. The summed E-state index contributed by atoms with van der Waals surface area (Å²) in [6.07, 6.45) is 3.84. The van der Waals surface area contributed by atoms with Crippen molar-refractivity contribution in [3.05, 3.63) is 72.1 Å². The molecule has 0 fully saturated rings. The van der Waals surface area contributed by atoms with E-state index in [-0.39, 0.29) is 12.6 Å². The molecule has 8 nitrogen and oxygen atoms in total. The molecule has 3 N–H and O–H groups in total. The minimum Gasteiger partial charge on any atom is -0.491 e. The molecule has 1 atom stereocenters. The highest BCUT2D eigenvalue weighted by Crippen LogP contribution is 2.36. The molecule has 0 aliphatic rings. The van der Waals surface area contributed by atoms with Crippen molar-refractivity contribution >= 4 is 22.1 Å². The first kappa shape index (κ1) is 21.9. The molecule has 0 bridgehead atoms. The van der Waals surface area contributed by atoms with Crippen molar-refractivity contribution in [3.63, 3.8) is 0 Å². The predicted octanol–water partition coefficient (Wildman–Crippen LogP) is 3.96. The SMILES string of the molecule is COc1cc2c(nc1OC)c(-c1cc3c(CNC(CO)c4ccccc4)ccnc3[nH]1)cn2C. The highest BCUT2D eigenvalue weighted by molar-refractivity contribution is 5.96. The van der Waals surface area contributed by atoms with Gasteiger partial charge in [-0.2, -0.15) is 0 Å². The normalized spacial score (nSPS) is 12.4. The Morgan fingerprint density at radius 2 is 1.94 bits per heavy atom. The highest BCUT2D eigenvalue weighted by Gasteiger charge is 2.18. The zero-order valence-electron chi connectivity index (χ0n) is 19.4. The summed E-state index contributed by atoms with van der Waals surface area (Å²) in [6.45, 7) is 0.610. The smallest absolute Gasteiger partial charge is 0.257 e. The van der Waals surface area contributed by atoms with Gasteiger partial charge in [0, 0.05) is 43.0 Å². The number of rotatable bonds is 8. The topological polar surface area (TPSA) is 97.2 Å². The number of nitrogens with zero attached hydrogens (tertiary/aromatic N) is 3. The highest BCUT2D eigenvalue weighted by atomic mass is 16.5. The lowest BCUT2D eigenvalue weighted by Crippen LogP contribution is -2.24. The van der Waals surface area contributed by atoms with Gasteiger partial charge in [0.25, 0.3) is 5.88 Å². The summed E-state index contributed by atoms with van der Waals surface area (Å²) < 4.78 is 12.9. The first-order valence-corrected chi connectivity index (χ1v) is 11.1. The monoisotopic (exact) mass is 457 g/mol. The number of benzene rings is 1. The van der Waals surface area contributed by atoms with Gasteiger partial charge >= 0.3 is 0 Å². The number of hydrogen-bond acceptors (Lipinski definition) is 6. The second kappa shape index (κ2) is 9.17. The molecule has 0 amide bonds. The maximum Gasteiger partial charge on any atom is 0.257 e. The van der Waals surface area contributed by atoms with Crippen LogP contribution in [0.1, 0.15) is 17.2 Å². The molecular formula is C26H27N5O3. The lowest BCUT2D eigenvalue weighted by Gasteiger charge is -2.17. The van der Waals surface area contributed by atoms with Crippen molar-refractivity contribution in [3.8, 4) is 22.9 Å². The summed E-state index contributed by atoms with van der Waals surface area (Å²) in [5.41, 5.74) is 6.57. The second-order valence-corrected chi connectivity index (χ2v) is 8.16. The third-order valence-corrected chi connectivity index (χ3v) is 6.14. The van der Waals surface area contributed by atoms with Crippen molar-refractivity contribution in [2.24, 2.45) is 7.05 Å². The Kier molecular flexibility index (Phi) is 5.91. The van der Waals surface area contributed by atoms with Crippen molar-refractivity contribution in [1.82, 2.24) is 24.8 Å². The minimum absolute atomic E-state index is 0.0175. The molecule has 4 aromatic heterocycles. The number of fused-ring (bicyclic) bond motifs is 2. The third-order valence-electron chi connectivity index (χ3n) is 6.14. The molecule has 4 heterocycles. The van der Waals surface area contributed by atoms with Crippen LogP contribution in [0.3, 0.4) is 0 Å². The van der Waals surface area contributed by atoms with Crippen LogP contribution >= 0.6 is 0 Å². The van der Waals surface area contributed by atoms with Crippen LogP contribution in [-0.2, 0) is 13.6 Å². The summed E-state index contributed by atoms with van der Waals surface area (Å²) in [4.78, 5) is 12.7. The van der Waals surface area contributed by atoms with Crippen LogP contribution in [0.2, 0.25) is 0 Å². The van der Waals surface area contributed by atoms with Crippen molar-refractivity contribution in [1.29, 1.82) is 0 Å². The molecule has 5 rings (SSSR count). The van der Waals surface area contributed by atoms with Crippen LogP contribution in [0.4, 0.5) is 0 Å². The number of aromatic nitrogens is 4. The Morgan fingerprint density at radius 1 is 1.12 bits per heavy atom. The van der Waals surface area contributed by atoms with Gasteiger partial charge in [-0.05, 0) is 23.3 Å². The largest absolute Gasteiger partial charge is 0.491 e. The van der Waals surface area contributed by atoms with Gasteiger partial charge in [0.1, 0.15) is 11.2 Å². The van der Waals surface area contributed by atoms with E-state index in [1.165, 1.54) is 0 Å². The molecule has 5 aromatic rings. The second-order valence-electron chi connectivity index (χ2n) is 8.16. The molecular weight excluding hydrogens is 430 g/mol. The fourth-order valence-electron chi connectivity index (χ4n) is 4.34. The molecule has 1 aromatic carbocycles. The predicted molar refractivity (Wildman–Crippen MR) is 132 cm³/mol. The number of pyridine rings is 2. The van der Waals surface area contributed by atoms with Crippen molar-refractivity contribution in [2.45, 2.75) is 12.6 Å². The number of aromatic amines is 1. The number of hydrogen-bond donors (Lipinski definition) is 3. The Labute approximate surface area is 197 Å². The van der Waals surface area contributed by atoms with E-state index in [0.717, 1.165) is 44.5 Å². The Balaban J connectivity index is 1.51. The van der Waals surface area contributed by atoms with Gasteiger partial charge in [0.15, 0.2) is 5.75 Å². The molecule has 0 aliphatic heterocycles. The number of nitrogens with one attached hydrogen (secondary N) is 2. The summed E-state index contributed by atoms with van der Waals surface area (Å²) in [5, 5.41) is 14.4. The van der Waals surface area contributed by atoms with Gasteiger partial charge in [-0.15, -0.1) is 0 Å².